The molecule has 0 heterocycles. The van der Waals surface area contributed by atoms with Gasteiger partial charge in [-0.1, -0.05) is 97.0 Å². The number of unbranched alkanes of at least 4 members (excludes halogenated alkanes) is 12. The van der Waals surface area contributed by atoms with Crippen molar-refractivity contribution in [2.45, 2.75) is 124 Å². The van der Waals surface area contributed by atoms with Gasteiger partial charge in [0.05, 0.1) is 6.61 Å². The summed E-state index contributed by atoms with van der Waals surface area (Å²) in [5, 5.41) is 0. The molecule has 0 aliphatic carbocycles. The van der Waals surface area contributed by atoms with E-state index in [-0.39, 0.29) is 23.4 Å². The second-order valence-electron chi connectivity index (χ2n) is 8.71. The first-order valence-corrected chi connectivity index (χ1v) is 13.3. The van der Waals surface area contributed by atoms with Crippen LogP contribution in [-0.2, 0) is 9.59 Å². The zero-order valence-electron chi connectivity index (χ0n) is 21.3. The van der Waals surface area contributed by atoms with Crippen LogP contribution in [0.5, 0.6) is 17.2 Å². The lowest BCUT2D eigenvalue weighted by Gasteiger charge is -2.14. The highest BCUT2D eigenvalue weighted by Crippen LogP contribution is 2.38. The fraction of sp³-hybridized carbons (Fsp3) is 0.714. The summed E-state index contributed by atoms with van der Waals surface area (Å²) in [6, 6.07) is 5.13. The van der Waals surface area contributed by atoms with Crippen molar-refractivity contribution in [3.05, 3.63) is 18.2 Å². The summed E-state index contributed by atoms with van der Waals surface area (Å²) in [6.07, 6.45) is 16.6. The molecule has 5 nitrogen and oxygen atoms in total. The zero-order chi connectivity index (χ0) is 24.2. The second kappa shape index (κ2) is 19.4. The van der Waals surface area contributed by atoms with E-state index in [2.05, 4.69) is 13.8 Å². The summed E-state index contributed by atoms with van der Waals surface area (Å²) in [5.74, 6) is 0.260. The Morgan fingerprint density at radius 2 is 1.06 bits per heavy atom. The number of para-hydroxylation sites is 1. The average Bonchev–Trinajstić information content (AvgIpc) is 2.80. The Hall–Kier alpha value is -2.04. The van der Waals surface area contributed by atoms with Crippen LogP contribution in [0.3, 0.4) is 0 Å². The number of ether oxygens (including phenoxy) is 3. The molecule has 0 saturated heterocycles. The minimum absolute atomic E-state index is 0.209. The minimum Gasteiger partial charge on any atom is -0.490 e. The van der Waals surface area contributed by atoms with Gasteiger partial charge in [0, 0.05) is 12.8 Å². The van der Waals surface area contributed by atoms with Crippen molar-refractivity contribution in [1.82, 2.24) is 0 Å². The van der Waals surface area contributed by atoms with Gasteiger partial charge in [-0.2, -0.15) is 0 Å². The van der Waals surface area contributed by atoms with Gasteiger partial charge >= 0.3 is 11.9 Å². The quantitative estimate of drug-likeness (QED) is 0.111. The van der Waals surface area contributed by atoms with Crippen molar-refractivity contribution in [2.24, 2.45) is 0 Å². The zero-order valence-corrected chi connectivity index (χ0v) is 21.3. The Kier molecular flexibility index (Phi) is 17.1. The molecule has 1 aromatic carbocycles. The second-order valence-corrected chi connectivity index (χ2v) is 8.71. The molecule has 0 aliphatic rings. The lowest BCUT2D eigenvalue weighted by atomic mass is 10.1. The standard InChI is InChI=1S/C28H46O5/c1-4-7-9-11-13-15-17-22-26(29)32-25-21-19-20-24(31-6-3)28(25)33-27(30)23-18-16-14-12-10-8-5-2/h19-21H,4-18,22-23H2,1-3H3. The number of carbonyl (C=O) groups excluding carboxylic acids is 2. The van der Waals surface area contributed by atoms with Gasteiger partial charge in [0.1, 0.15) is 0 Å². The van der Waals surface area contributed by atoms with E-state index in [9.17, 15) is 9.59 Å². The van der Waals surface area contributed by atoms with Gasteiger partial charge in [-0.05, 0) is 31.9 Å². The van der Waals surface area contributed by atoms with Crippen LogP contribution in [0.1, 0.15) is 124 Å². The highest BCUT2D eigenvalue weighted by Gasteiger charge is 2.18. The summed E-state index contributed by atoms with van der Waals surface area (Å²) >= 11 is 0. The molecule has 0 fully saturated rings. The highest BCUT2D eigenvalue weighted by molar-refractivity contribution is 5.77. The largest absolute Gasteiger partial charge is 0.490 e. The summed E-state index contributed by atoms with van der Waals surface area (Å²) in [6.45, 7) is 6.70. The molecular formula is C28H46O5. The van der Waals surface area contributed by atoms with Crippen molar-refractivity contribution in [3.8, 4) is 17.2 Å². The van der Waals surface area contributed by atoms with Crippen molar-refractivity contribution in [1.29, 1.82) is 0 Å². The maximum Gasteiger partial charge on any atom is 0.311 e. The molecule has 0 atom stereocenters. The highest BCUT2D eigenvalue weighted by atomic mass is 16.6. The third kappa shape index (κ3) is 14.0. The van der Waals surface area contributed by atoms with E-state index in [1.54, 1.807) is 18.2 Å². The number of carbonyl (C=O) groups is 2. The van der Waals surface area contributed by atoms with Crippen LogP contribution < -0.4 is 14.2 Å². The van der Waals surface area contributed by atoms with Crippen LogP contribution in [0.4, 0.5) is 0 Å². The Morgan fingerprint density at radius 1 is 0.606 bits per heavy atom. The van der Waals surface area contributed by atoms with Crippen molar-refractivity contribution in [3.63, 3.8) is 0 Å². The third-order valence-corrected chi connectivity index (χ3v) is 5.65. The Labute approximate surface area is 201 Å². The summed E-state index contributed by atoms with van der Waals surface area (Å²) in [5.41, 5.74) is 0. The Balaban J connectivity index is 2.52. The first kappa shape index (κ1) is 29.0. The molecule has 0 spiro atoms. The molecular weight excluding hydrogens is 416 g/mol. The predicted octanol–water partition coefficient (Wildman–Crippen LogP) is 8.18. The Morgan fingerprint density at radius 3 is 1.58 bits per heavy atom. The van der Waals surface area contributed by atoms with Crippen LogP contribution in [-0.4, -0.2) is 18.5 Å². The van der Waals surface area contributed by atoms with Crippen molar-refractivity contribution < 1.29 is 23.8 Å². The van der Waals surface area contributed by atoms with Gasteiger partial charge < -0.3 is 14.2 Å². The number of benzene rings is 1. The molecule has 0 saturated carbocycles. The monoisotopic (exact) mass is 462 g/mol. The molecule has 5 heteroatoms. The molecule has 1 rings (SSSR count). The molecule has 1 aromatic rings. The van der Waals surface area contributed by atoms with Crippen LogP contribution in [0, 0.1) is 0 Å². The number of hydrogen-bond donors (Lipinski definition) is 0. The van der Waals surface area contributed by atoms with E-state index in [0.29, 0.717) is 25.2 Å². The fourth-order valence-corrected chi connectivity index (χ4v) is 3.74. The van der Waals surface area contributed by atoms with Crippen molar-refractivity contribution >= 4 is 11.9 Å². The summed E-state index contributed by atoms with van der Waals surface area (Å²) < 4.78 is 16.8. The van der Waals surface area contributed by atoms with E-state index in [1.807, 2.05) is 6.92 Å². The number of rotatable bonds is 20. The van der Waals surface area contributed by atoms with Crippen LogP contribution in [0.25, 0.3) is 0 Å². The normalized spacial score (nSPS) is 10.8. The van der Waals surface area contributed by atoms with Gasteiger partial charge in [0.25, 0.3) is 0 Å². The van der Waals surface area contributed by atoms with E-state index in [0.717, 1.165) is 38.5 Å². The fourth-order valence-electron chi connectivity index (χ4n) is 3.74. The predicted molar refractivity (Wildman–Crippen MR) is 134 cm³/mol. The topological polar surface area (TPSA) is 61.8 Å². The molecule has 0 unspecified atom stereocenters. The molecule has 188 valence electrons. The maximum atomic E-state index is 12.4. The van der Waals surface area contributed by atoms with E-state index in [4.69, 9.17) is 14.2 Å². The van der Waals surface area contributed by atoms with E-state index in [1.165, 1.54) is 51.4 Å². The van der Waals surface area contributed by atoms with Crippen LogP contribution in [0.15, 0.2) is 18.2 Å². The van der Waals surface area contributed by atoms with Gasteiger partial charge in [-0.15, -0.1) is 0 Å². The SMILES string of the molecule is CCCCCCCCCC(=O)Oc1cccc(OCC)c1OC(=O)CCCCCCCCC. The first-order valence-electron chi connectivity index (χ1n) is 13.3. The molecule has 0 aliphatic heterocycles. The molecule has 0 bridgehead atoms. The summed E-state index contributed by atoms with van der Waals surface area (Å²) in [4.78, 5) is 24.8. The van der Waals surface area contributed by atoms with Crippen molar-refractivity contribution in [2.75, 3.05) is 6.61 Å². The van der Waals surface area contributed by atoms with Gasteiger partial charge in [0.15, 0.2) is 11.5 Å². The first-order chi connectivity index (χ1) is 16.1. The minimum atomic E-state index is -0.319. The lowest BCUT2D eigenvalue weighted by Crippen LogP contribution is -2.13. The Bertz CT molecular complexity index is 656. The molecule has 0 radical (unpaired) electrons. The van der Waals surface area contributed by atoms with Crippen LogP contribution in [0.2, 0.25) is 0 Å². The smallest absolute Gasteiger partial charge is 0.311 e. The average molecular weight is 463 g/mol. The van der Waals surface area contributed by atoms with Gasteiger partial charge in [-0.3, -0.25) is 9.59 Å². The molecule has 0 amide bonds. The van der Waals surface area contributed by atoms with Gasteiger partial charge in [-0.25, -0.2) is 0 Å². The van der Waals surface area contributed by atoms with E-state index < -0.39 is 0 Å². The third-order valence-electron chi connectivity index (χ3n) is 5.65. The van der Waals surface area contributed by atoms with Gasteiger partial charge in [0.2, 0.25) is 5.75 Å². The summed E-state index contributed by atoms with van der Waals surface area (Å²) in [7, 11) is 0. The molecule has 0 N–H and O–H groups in total. The maximum absolute atomic E-state index is 12.4. The van der Waals surface area contributed by atoms with E-state index >= 15 is 0 Å². The van der Waals surface area contributed by atoms with Crippen LogP contribution >= 0.6 is 0 Å². The molecule has 0 aromatic heterocycles. The molecule has 33 heavy (non-hydrogen) atoms. The number of esters is 2. The lowest BCUT2D eigenvalue weighted by molar-refractivity contribution is -0.137. The number of hydrogen-bond acceptors (Lipinski definition) is 5.